The Hall–Kier alpha value is -1.36. The highest BCUT2D eigenvalue weighted by Gasteiger charge is 2.31. The van der Waals surface area contributed by atoms with Crippen molar-refractivity contribution in [3.63, 3.8) is 0 Å². The van der Waals surface area contributed by atoms with Gasteiger partial charge in [-0.3, -0.25) is 9.59 Å². The maximum Gasteiger partial charge on any atom is 0.227 e. The van der Waals surface area contributed by atoms with Crippen LogP contribution in [0.1, 0.15) is 25.3 Å². The minimum atomic E-state index is -0.308. The molecular weight excluding hydrogens is 320 g/mol. The molecule has 1 aliphatic rings. The van der Waals surface area contributed by atoms with Crippen molar-refractivity contribution in [2.45, 2.75) is 32.2 Å². The van der Waals surface area contributed by atoms with Crippen molar-refractivity contribution in [2.24, 2.45) is 11.7 Å². The maximum atomic E-state index is 12.4. The third-order valence-corrected chi connectivity index (χ3v) is 4.34. The molecule has 5 heteroatoms. The van der Waals surface area contributed by atoms with Gasteiger partial charge in [0.15, 0.2) is 0 Å². The maximum absolute atomic E-state index is 12.4. The van der Waals surface area contributed by atoms with Gasteiger partial charge in [-0.05, 0) is 37.5 Å². The first-order chi connectivity index (χ1) is 9.47. The lowest BCUT2D eigenvalue weighted by molar-refractivity contribution is -0.136. The summed E-state index contributed by atoms with van der Waals surface area (Å²) in [7, 11) is 0. The lowest BCUT2D eigenvalue weighted by Crippen LogP contribution is -2.49. The first-order valence-corrected chi connectivity index (χ1v) is 7.60. The summed E-state index contributed by atoms with van der Waals surface area (Å²) < 4.78 is 0.963. The minimum Gasteiger partial charge on any atom is -0.369 e. The third-order valence-electron chi connectivity index (χ3n) is 3.85. The van der Waals surface area contributed by atoms with Gasteiger partial charge in [-0.1, -0.05) is 28.1 Å². The first-order valence-electron chi connectivity index (χ1n) is 6.80. The number of hydrogen-bond donors (Lipinski definition) is 1. The smallest absolute Gasteiger partial charge is 0.227 e. The number of piperidine rings is 1. The topological polar surface area (TPSA) is 63.4 Å². The van der Waals surface area contributed by atoms with Crippen molar-refractivity contribution in [1.82, 2.24) is 4.90 Å². The summed E-state index contributed by atoms with van der Waals surface area (Å²) in [5.41, 5.74) is 6.33. The van der Waals surface area contributed by atoms with Crippen LogP contribution in [0, 0.1) is 5.92 Å². The number of carbonyl (C=O) groups is 2. The molecule has 1 aromatic rings. The van der Waals surface area contributed by atoms with Gasteiger partial charge in [-0.15, -0.1) is 0 Å². The highest BCUT2D eigenvalue weighted by atomic mass is 79.9. The number of hydrogen-bond acceptors (Lipinski definition) is 2. The lowest BCUT2D eigenvalue weighted by atomic mass is 9.92. The summed E-state index contributed by atoms with van der Waals surface area (Å²) in [6, 6.07) is 7.89. The zero-order valence-electron chi connectivity index (χ0n) is 11.5. The Labute approximate surface area is 127 Å². The zero-order valence-corrected chi connectivity index (χ0v) is 13.1. The van der Waals surface area contributed by atoms with Crippen molar-refractivity contribution in [1.29, 1.82) is 0 Å². The van der Waals surface area contributed by atoms with Gasteiger partial charge in [0.05, 0.1) is 12.3 Å². The average Bonchev–Trinajstić information content (AvgIpc) is 2.38. The Morgan fingerprint density at radius 2 is 2.15 bits per heavy atom. The molecule has 1 heterocycles. The fourth-order valence-electron chi connectivity index (χ4n) is 2.61. The highest BCUT2D eigenvalue weighted by molar-refractivity contribution is 9.10. The summed E-state index contributed by atoms with van der Waals surface area (Å²) in [5, 5.41) is 0. The number of amides is 2. The average molecular weight is 339 g/mol. The predicted molar refractivity (Wildman–Crippen MR) is 80.9 cm³/mol. The van der Waals surface area contributed by atoms with Crippen LogP contribution in [-0.4, -0.2) is 29.3 Å². The van der Waals surface area contributed by atoms with Crippen molar-refractivity contribution in [2.75, 3.05) is 6.54 Å². The van der Waals surface area contributed by atoms with Gasteiger partial charge in [0.25, 0.3) is 0 Å². The molecular formula is C15H19BrN2O2. The second-order valence-corrected chi connectivity index (χ2v) is 6.29. The Bertz CT molecular complexity index is 518. The van der Waals surface area contributed by atoms with Gasteiger partial charge in [0, 0.05) is 17.1 Å². The van der Waals surface area contributed by atoms with E-state index in [1.807, 2.05) is 31.2 Å². The predicted octanol–water partition coefficient (Wildman–Crippen LogP) is 2.10. The molecule has 2 amide bonds. The monoisotopic (exact) mass is 338 g/mol. The van der Waals surface area contributed by atoms with Crippen LogP contribution in [0.5, 0.6) is 0 Å². The Morgan fingerprint density at radius 1 is 1.40 bits per heavy atom. The van der Waals surface area contributed by atoms with Gasteiger partial charge >= 0.3 is 0 Å². The van der Waals surface area contributed by atoms with E-state index in [0.29, 0.717) is 13.0 Å². The summed E-state index contributed by atoms with van der Waals surface area (Å²) in [6.45, 7) is 2.47. The number of likely N-dealkylation sites (tertiary alicyclic amines) is 1. The van der Waals surface area contributed by atoms with Gasteiger partial charge < -0.3 is 10.6 Å². The normalized spacial score (nSPS) is 22.6. The molecule has 4 nitrogen and oxygen atoms in total. The largest absolute Gasteiger partial charge is 0.369 e. The molecule has 0 aromatic heterocycles. The molecule has 0 spiro atoms. The Morgan fingerprint density at radius 3 is 2.80 bits per heavy atom. The van der Waals surface area contributed by atoms with E-state index in [1.54, 1.807) is 4.90 Å². The van der Waals surface area contributed by atoms with E-state index < -0.39 is 0 Å². The number of nitrogens with zero attached hydrogens (tertiary/aromatic N) is 1. The fraction of sp³-hybridized carbons (Fsp3) is 0.467. The molecule has 1 fully saturated rings. The highest BCUT2D eigenvalue weighted by Crippen LogP contribution is 2.23. The van der Waals surface area contributed by atoms with E-state index in [1.165, 1.54) is 0 Å². The van der Waals surface area contributed by atoms with Crippen LogP contribution < -0.4 is 5.73 Å². The minimum absolute atomic E-state index is 0.0570. The summed E-state index contributed by atoms with van der Waals surface area (Å²) >= 11 is 3.40. The quantitative estimate of drug-likeness (QED) is 0.917. The summed E-state index contributed by atoms with van der Waals surface area (Å²) in [5.74, 6) is -0.462. The number of benzene rings is 1. The van der Waals surface area contributed by atoms with Gasteiger partial charge in [-0.25, -0.2) is 0 Å². The molecule has 1 saturated heterocycles. The van der Waals surface area contributed by atoms with E-state index in [0.717, 1.165) is 22.9 Å². The second-order valence-electron chi connectivity index (χ2n) is 5.38. The number of primary amides is 1. The van der Waals surface area contributed by atoms with Crippen LogP contribution in [0.2, 0.25) is 0 Å². The Kier molecular flexibility index (Phi) is 4.81. The van der Waals surface area contributed by atoms with Crippen LogP contribution in [0.15, 0.2) is 28.7 Å². The first kappa shape index (κ1) is 15.0. The molecule has 0 aliphatic carbocycles. The molecule has 2 N–H and O–H groups in total. The van der Waals surface area contributed by atoms with Crippen LogP contribution >= 0.6 is 15.9 Å². The van der Waals surface area contributed by atoms with Gasteiger partial charge in [0.1, 0.15) is 0 Å². The number of rotatable bonds is 3. The lowest BCUT2D eigenvalue weighted by Gasteiger charge is -2.37. The van der Waals surface area contributed by atoms with Crippen LogP contribution in [-0.2, 0) is 16.0 Å². The van der Waals surface area contributed by atoms with E-state index in [9.17, 15) is 9.59 Å². The van der Waals surface area contributed by atoms with E-state index in [2.05, 4.69) is 15.9 Å². The number of carbonyl (C=O) groups excluding carboxylic acids is 2. The van der Waals surface area contributed by atoms with Crippen molar-refractivity contribution < 1.29 is 9.59 Å². The number of nitrogens with two attached hydrogens (primary N) is 1. The zero-order chi connectivity index (χ0) is 14.7. The molecule has 108 valence electrons. The molecule has 2 atom stereocenters. The van der Waals surface area contributed by atoms with Crippen LogP contribution in [0.4, 0.5) is 0 Å². The molecule has 2 rings (SSSR count). The van der Waals surface area contributed by atoms with E-state index >= 15 is 0 Å². The van der Waals surface area contributed by atoms with Gasteiger partial charge in [-0.2, -0.15) is 0 Å². The van der Waals surface area contributed by atoms with Crippen molar-refractivity contribution >= 4 is 27.7 Å². The molecule has 0 bridgehead atoms. The fourth-order valence-corrected chi connectivity index (χ4v) is 3.06. The van der Waals surface area contributed by atoms with Crippen molar-refractivity contribution in [3.8, 4) is 0 Å². The molecule has 0 unspecified atom stereocenters. The molecule has 1 aromatic carbocycles. The van der Waals surface area contributed by atoms with E-state index in [4.69, 9.17) is 5.73 Å². The summed E-state index contributed by atoms with van der Waals surface area (Å²) in [4.78, 5) is 25.5. The standard InChI is InChI=1S/C15H19BrN2O2/c1-10-5-6-12(15(17)20)9-18(10)14(19)8-11-3-2-4-13(16)7-11/h2-4,7,10,12H,5-6,8-9H2,1H3,(H2,17,20)/t10-,12+/m1/s1. The van der Waals surface area contributed by atoms with Crippen LogP contribution in [0.3, 0.4) is 0 Å². The second kappa shape index (κ2) is 6.39. The van der Waals surface area contributed by atoms with Crippen molar-refractivity contribution in [3.05, 3.63) is 34.3 Å². The van der Waals surface area contributed by atoms with E-state index in [-0.39, 0.29) is 23.8 Å². The summed E-state index contributed by atoms with van der Waals surface area (Å²) in [6.07, 6.45) is 1.96. The Balaban J connectivity index is 2.05. The van der Waals surface area contributed by atoms with Crippen LogP contribution in [0.25, 0.3) is 0 Å². The molecule has 1 aliphatic heterocycles. The molecule has 0 saturated carbocycles. The molecule has 0 radical (unpaired) electrons. The van der Waals surface area contributed by atoms with Gasteiger partial charge in [0.2, 0.25) is 11.8 Å². The third kappa shape index (κ3) is 3.60. The number of halogens is 1. The SMILES string of the molecule is C[C@@H]1CC[C@H](C(N)=O)CN1C(=O)Cc1cccc(Br)c1. The molecule has 20 heavy (non-hydrogen) atoms.